The SMILES string of the molecule is C.C.C.Cc1ccc(-c2ccccc2)cc1.Cc1ccccc1. The van der Waals surface area contributed by atoms with Gasteiger partial charge in [-0.25, -0.2) is 0 Å². The maximum absolute atomic E-state index is 2.16. The molecule has 0 nitrogen and oxygen atoms in total. The lowest BCUT2D eigenvalue weighted by atomic mass is 10.0. The first-order chi connectivity index (χ1) is 9.75. The summed E-state index contributed by atoms with van der Waals surface area (Å²) in [6.45, 7) is 4.19. The quantitative estimate of drug-likeness (QED) is 0.435. The first kappa shape index (κ1) is 22.9. The molecule has 0 saturated carbocycles. The second-order valence-electron chi connectivity index (χ2n) is 4.89. The van der Waals surface area contributed by atoms with Gasteiger partial charge in [0.25, 0.3) is 0 Å². The number of rotatable bonds is 1. The van der Waals surface area contributed by atoms with Gasteiger partial charge in [-0.2, -0.15) is 0 Å². The molecule has 0 aliphatic heterocycles. The van der Waals surface area contributed by atoms with Gasteiger partial charge in [-0.3, -0.25) is 0 Å². The molecule has 23 heavy (non-hydrogen) atoms. The Morgan fingerprint density at radius 3 is 1.13 bits per heavy atom. The zero-order valence-electron chi connectivity index (χ0n) is 12.1. The largest absolute Gasteiger partial charge is 0.0776 e. The highest BCUT2D eigenvalue weighted by Crippen LogP contribution is 2.18. The molecule has 0 aliphatic carbocycles. The zero-order chi connectivity index (χ0) is 14.2. The van der Waals surface area contributed by atoms with Crippen LogP contribution in [0.25, 0.3) is 11.1 Å². The van der Waals surface area contributed by atoms with Gasteiger partial charge in [0.15, 0.2) is 0 Å². The maximum atomic E-state index is 2.16. The van der Waals surface area contributed by atoms with Crippen molar-refractivity contribution in [1.82, 2.24) is 0 Å². The van der Waals surface area contributed by atoms with Crippen LogP contribution in [0.4, 0.5) is 0 Å². The predicted octanol–water partition coefficient (Wildman–Crippen LogP) is 7.57. The van der Waals surface area contributed by atoms with E-state index < -0.39 is 0 Å². The minimum Gasteiger partial charge on any atom is -0.0776 e. The van der Waals surface area contributed by atoms with E-state index in [-0.39, 0.29) is 22.3 Å². The van der Waals surface area contributed by atoms with Crippen molar-refractivity contribution in [2.24, 2.45) is 0 Å². The fraction of sp³-hybridized carbons (Fsp3) is 0.217. The molecule has 3 aromatic carbocycles. The number of aryl methyl sites for hydroxylation is 2. The number of benzene rings is 3. The second kappa shape index (κ2) is 12.2. The van der Waals surface area contributed by atoms with Crippen molar-refractivity contribution in [3.63, 3.8) is 0 Å². The summed E-state index contributed by atoms with van der Waals surface area (Å²) >= 11 is 0. The summed E-state index contributed by atoms with van der Waals surface area (Å²) in [5.41, 5.74) is 5.19. The zero-order valence-corrected chi connectivity index (χ0v) is 12.1. The molecule has 0 spiro atoms. The summed E-state index contributed by atoms with van der Waals surface area (Å²) in [7, 11) is 0. The van der Waals surface area contributed by atoms with E-state index in [0.717, 1.165) is 0 Å². The van der Waals surface area contributed by atoms with Crippen LogP contribution in [0.5, 0.6) is 0 Å². The third-order valence-electron chi connectivity index (χ3n) is 3.10. The standard InChI is InChI=1S/C13H12.C7H8.3CH4/c1-11-7-9-13(10-8-11)12-5-3-2-4-6-12;1-7-5-3-2-4-6-7;;;/h2-10H,1H3;2-6H,1H3;3*1H4. The Kier molecular flexibility index (Phi) is 12.2. The van der Waals surface area contributed by atoms with E-state index in [9.17, 15) is 0 Å². The van der Waals surface area contributed by atoms with E-state index >= 15 is 0 Å². The Hall–Kier alpha value is -2.34. The normalized spacial score (nSPS) is 8.26. The Morgan fingerprint density at radius 1 is 0.391 bits per heavy atom. The smallest absolute Gasteiger partial charge is 0.0184 e. The van der Waals surface area contributed by atoms with Gasteiger partial charge < -0.3 is 0 Å². The molecule has 0 amide bonds. The van der Waals surface area contributed by atoms with Crippen LogP contribution < -0.4 is 0 Å². The summed E-state index contributed by atoms with van der Waals surface area (Å²) in [5, 5.41) is 0. The molecule has 124 valence electrons. The Morgan fingerprint density at radius 2 is 0.739 bits per heavy atom. The van der Waals surface area contributed by atoms with Crippen molar-refractivity contribution < 1.29 is 0 Å². The molecule has 0 N–H and O–H groups in total. The van der Waals surface area contributed by atoms with Crippen LogP contribution in [-0.4, -0.2) is 0 Å². The fourth-order valence-electron chi connectivity index (χ4n) is 1.91. The molecule has 0 heterocycles. The molecule has 0 unspecified atom stereocenters. The third kappa shape index (κ3) is 8.01. The van der Waals surface area contributed by atoms with Gasteiger partial charge in [0, 0.05) is 0 Å². The van der Waals surface area contributed by atoms with Crippen molar-refractivity contribution in [3.8, 4) is 11.1 Å². The van der Waals surface area contributed by atoms with E-state index in [4.69, 9.17) is 0 Å². The highest BCUT2D eigenvalue weighted by atomic mass is 14.0. The van der Waals surface area contributed by atoms with Crippen molar-refractivity contribution in [2.75, 3.05) is 0 Å². The van der Waals surface area contributed by atoms with Crippen LogP contribution in [0, 0.1) is 13.8 Å². The van der Waals surface area contributed by atoms with Crippen LogP contribution in [0.3, 0.4) is 0 Å². The van der Waals surface area contributed by atoms with E-state index in [1.165, 1.54) is 22.3 Å². The van der Waals surface area contributed by atoms with E-state index in [1.54, 1.807) is 0 Å². The van der Waals surface area contributed by atoms with Crippen LogP contribution in [0.2, 0.25) is 0 Å². The van der Waals surface area contributed by atoms with Crippen molar-refractivity contribution in [1.29, 1.82) is 0 Å². The third-order valence-corrected chi connectivity index (χ3v) is 3.10. The van der Waals surface area contributed by atoms with Crippen LogP contribution in [0.15, 0.2) is 84.9 Å². The molecular weight excluding hydrogens is 276 g/mol. The lowest BCUT2D eigenvalue weighted by Gasteiger charge is -2.00. The fourth-order valence-corrected chi connectivity index (χ4v) is 1.91. The summed E-state index contributed by atoms with van der Waals surface area (Å²) in [6.07, 6.45) is 0. The Balaban J connectivity index is 0. The van der Waals surface area contributed by atoms with Gasteiger partial charge in [0.05, 0.1) is 0 Å². The molecule has 0 bridgehead atoms. The molecule has 0 aliphatic rings. The average molecular weight is 309 g/mol. The van der Waals surface area contributed by atoms with Gasteiger partial charge in [-0.15, -0.1) is 0 Å². The van der Waals surface area contributed by atoms with Crippen LogP contribution in [0.1, 0.15) is 33.4 Å². The van der Waals surface area contributed by atoms with Crippen molar-refractivity contribution in [2.45, 2.75) is 36.1 Å². The lowest BCUT2D eigenvalue weighted by Crippen LogP contribution is -1.76. The maximum Gasteiger partial charge on any atom is -0.0184 e. The topological polar surface area (TPSA) is 0 Å². The van der Waals surface area contributed by atoms with Gasteiger partial charge >= 0.3 is 0 Å². The number of hydrogen-bond acceptors (Lipinski definition) is 0. The first-order valence-electron chi connectivity index (χ1n) is 6.89. The van der Waals surface area contributed by atoms with Crippen molar-refractivity contribution in [3.05, 3.63) is 96.1 Å². The first-order valence-corrected chi connectivity index (χ1v) is 6.89. The van der Waals surface area contributed by atoms with Gasteiger partial charge in [-0.1, -0.05) is 118 Å². The number of hydrogen-bond donors (Lipinski definition) is 0. The average Bonchev–Trinajstić information content (AvgIpc) is 2.50. The molecule has 3 rings (SSSR count). The van der Waals surface area contributed by atoms with E-state index in [1.807, 2.05) is 24.3 Å². The molecule has 0 saturated heterocycles. The van der Waals surface area contributed by atoms with E-state index in [0.29, 0.717) is 0 Å². The molecule has 0 radical (unpaired) electrons. The summed E-state index contributed by atoms with van der Waals surface area (Å²) in [4.78, 5) is 0. The Labute approximate surface area is 143 Å². The monoisotopic (exact) mass is 308 g/mol. The van der Waals surface area contributed by atoms with Gasteiger partial charge in [0.1, 0.15) is 0 Å². The molecule has 0 heteroatoms. The lowest BCUT2D eigenvalue weighted by molar-refractivity contribution is 1.47. The highest BCUT2D eigenvalue weighted by Gasteiger charge is 1.93. The Bertz CT molecular complexity index is 607. The summed E-state index contributed by atoms with van der Waals surface area (Å²) in [5.74, 6) is 0. The summed E-state index contributed by atoms with van der Waals surface area (Å²) in [6, 6.07) is 29.3. The van der Waals surface area contributed by atoms with Gasteiger partial charge in [-0.05, 0) is 25.0 Å². The van der Waals surface area contributed by atoms with Crippen LogP contribution in [-0.2, 0) is 0 Å². The molecular formula is C23H32. The predicted molar refractivity (Wildman–Crippen MR) is 108 cm³/mol. The highest BCUT2D eigenvalue weighted by molar-refractivity contribution is 5.63. The molecule has 0 aromatic heterocycles. The molecule has 0 fully saturated rings. The second-order valence-corrected chi connectivity index (χ2v) is 4.89. The minimum atomic E-state index is 0. The summed E-state index contributed by atoms with van der Waals surface area (Å²) < 4.78 is 0. The van der Waals surface area contributed by atoms with Crippen LogP contribution >= 0.6 is 0 Å². The molecule has 3 aromatic rings. The van der Waals surface area contributed by atoms with E-state index in [2.05, 4.69) is 74.5 Å². The van der Waals surface area contributed by atoms with Crippen molar-refractivity contribution >= 4 is 0 Å². The van der Waals surface area contributed by atoms with Gasteiger partial charge in [0.2, 0.25) is 0 Å². The molecule has 0 atom stereocenters. The minimum absolute atomic E-state index is 0.